The molecule has 24 heavy (non-hydrogen) atoms. The van der Waals surface area contributed by atoms with Gasteiger partial charge >= 0.3 is 5.97 Å². The summed E-state index contributed by atoms with van der Waals surface area (Å²) in [6.07, 6.45) is 0.717. The largest absolute Gasteiger partial charge is 0.481 e. The number of amides is 1. The molecule has 4 heteroatoms. The van der Waals surface area contributed by atoms with Gasteiger partial charge < -0.3 is 10.0 Å². The molecule has 1 unspecified atom stereocenters. The molecule has 3 rings (SSSR count). The molecule has 2 aromatic carbocycles. The number of aliphatic carboxylic acids is 1. The Balaban J connectivity index is 2.00. The summed E-state index contributed by atoms with van der Waals surface area (Å²) < 4.78 is 0. The zero-order chi connectivity index (χ0) is 17.1. The van der Waals surface area contributed by atoms with Crippen molar-refractivity contribution in [2.75, 3.05) is 6.54 Å². The van der Waals surface area contributed by atoms with Gasteiger partial charge in [0.25, 0.3) is 0 Å². The normalized spacial score (nSPS) is 16.5. The van der Waals surface area contributed by atoms with Crippen molar-refractivity contribution in [3.63, 3.8) is 0 Å². The predicted octanol–water partition coefficient (Wildman–Crippen LogP) is 3.33. The first kappa shape index (κ1) is 16.2. The summed E-state index contributed by atoms with van der Waals surface area (Å²) in [5.41, 5.74) is 4.63. The van der Waals surface area contributed by atoms with Crippen LogP contribution in [0.5, 0.6) is 0 Å². The first-order valence-electron chi connectivity index (χ1n) is 8.22. The summed E-state index contributed by atoms with van der Waals surface area (Å²) >= 11 is 0. The molecule has 1 aliphatic rings. The molecule has 124 valence electrons. The molecule has 0 aromatic heterocycles. The van der Waals surface area contributed by atoms with Crippen molar-refractivity contribution in [3.05, 3.63) is 70.8 Å². The fourth-order valence-electron chi connectivity index (χ4n) is 3.36. The minimum Gasteiger partial charge on any atom is -0.481 e. The van der Waals surface area contributed by atoms with Crippen LogP contribution in [0.3, 0.4) is 0 Å². The predicted molar refractivity (Wildman–Crippen MR) is 91.8 cm³/mol. The number of rotatable bonds is 4. The van der Waals surface area contributed by atoms with Crippen LogP contribution in [-0.2, 0) is 16.0 Å². The van der Waals surface area contributed by atoms with E-state index in [0.717, 1.165) is 23.1 Å². The molecule has 4 nitrogen and oxygen atoms in total. The molecule has 1 amide bonds. The van der Waals surface area contributed by atoms with Crippen LogP contribution >= 0.6 is 0 Å². The van der Waals surface area contributed by atoms with Crippen LogP contribution in [0.1, 0.15) is 41.1 Å². The van der Waals surface area contributed by atoms with Gasteiger partial charge in [-0.05, 0) is 30.0 Å². The van der Waals surface area contributed by atoms with Crippen LogP contribution in [0.4, 0.5) is 0 Å². The molecule has 1 heterocycles. The smallest absolute Gasteiger partial charge is 0.303 e. The molecular weight excluding hydrogens is 302 g/mol. The minimum absolute atomic E-state index is 0.0415. The second-order valence-electron chi connectivity index (χ2n) is 6.25. The van der Waals surface area contributed by atoms with E-state index in [1.807, 2.05) is 42.2 Å². The molecule has 0 spiro atoms. The fourth-order valence-corrected chi connectivity index (χ4v) is 3.36. The second-order valence-corrected chi connectivity index (χ2v) is 6.25. The van der Waals surface area contributed by atoms with E-state index in [2.05, 4.69) is 18.2 Å². The Hall–Kier alpha value is -2.62. The SMILES string of the molecule is Cc1ccc2c(c1)C(c1ccccc1)N(C(=O)CCC(=O)O)CC2. The van der Waals surface area contributed by atoms with Gasteiger partial charge in [0.05, 0.1) is 12.5 Å². The highest BCUT2D eigenvalue weighted by atomic mass is 16.4. The maximum atomic E-state index is 12.6. The number of carbonyl (C=O) groups is 2. The second kappa shape index (κ2) is 6.87. The van der Waals surface area contributed by atoms with Crippen LogP contribution in [-0.4, -0.2) is 28.4 Å². The molecule has 0 radical (unpaired) electrons. The summed E-state index contributed by atoms with van der Waals surface area (Å²) in [7, 11) is 0. The lowest BCUT2D eigenvalue weighted by Crippen LogP contribution is -2.40. The van der Waals surface area contributed by atoms with Crippen molar-refractivity contribution >= 4 is 11.9 Å². The van der Waals surface area contributed by atoms with E-state index in [4.69, 9.17) is 5.11 Å². The molecule has 0 saturated heterocycles. The Kier molecular flexibility index (Phi) is 4.65. The maximum Gasteiger partial charge on any atom is 0.303 e. The van der Waals surface area contributed by atoms with Crippen LogP contribution < -0.4 is 0 Å². The molecule has 1 N–H and O–H groups in total. The zero-order valence-electron chi connectivity index (χ0n) is 13.7. The Morgan fingerprint density at radius 3 is 2.58 bits per heavy atom. The van der Waals surface area contributed by atoms with Gasteiger partial charge in [-0.1, -0.05) is 54.1 Å². The quantitative estimate of drug-likeness (QED) is 0.939. The Morgan fingerprint density at radius 1 is 1.12 bits per heavy atom. The standard InChI is InChI=1S/C20H21NO3/c1-14-7-8-15-11-12-21(18(22)9-10-19(23)24)20(17(15)13-14)16-5-3-2-4-6-16/h2-8,13,20H,9-12H2,1H3,(H,23,24). The monoisotopic (exact) mass is 323 g/mol. The van der Waals surface area contributed by atoms with E-state index in [1.165, 1.54) is 5.56 Å². The molecule has 2 aromatic rings. The highest BCUT2D eigenvalue weighted by molar-refractivity contribution is 5.81. The summed E-state index contributed by atoms with van der Waals surface area (Å²) in [5, 5.41) is 8.87. The van der Waals surface area contributed by atoms with Crippen LogP contribution in [0, 0.1) is 6.92 Å². The van der Waals surface area contributed by atoms with Gasteiger partial charge in [-0.25, -0.2) is 0 Å². The molecule has 0 fully saturated rings. The number of hydrogen-bond donors (Lipinski definition) is 1. The summed E-state index contributed by atoms with van der Waals surface area (Å²) in [6.45, 7) is 2.67. The van der Waals surface area contributed by atoms with Crippen LogP contribution in [0.15, 0.2) is 48.5 Å². The highest BCUT2D eigenvalue weighted by Crippen LogP contribution is 2.36. The van der Waals surface area contributed by atoms with Gasteiger partial charge in [0, 0.05) is 13.0 Å². The summed E-state index contributed by atoms with van der Waals surface area (Å²) in [6, 6.07) is 16.2. The maximum absolute atomic E-state index is 12.6. The van der Waals surface area contributed by atoms with E-state index in [0.29, 0.717) is 6.54 Å². The first-order valence-corrected chi connectivity index (χ1v) is 8.22. The third-order valence-corrected chi connectivity index (χ3v) is 4.52. The first-order chi connectivity index (χ1) is 11.6. The summed E-state index contributed by atoms with van der Waals surface area (Å²) in [5.74, 6) is -1.04. The topological polar surface area (TPSA) is 57.6 Å². The van der Waals surface area contributed by atoms with Gasteiger partial charge in [0.15, 0.2) is 0 Å². The lowest BCUT2D eigenvalue weighted by molar-refractivity contribution is -0.141. The van der Waals surface area contributed by atoms with Crippen molar-refractivity contribution in [2.45, 2.75) is 32.2 Å². The highest BCUT2D eigenvalue weighted by Gasteiger charge is 2.31. The number of aryl methyl sites for hydroxylation is 1. The minimum atomic E-state index is -0.937. The Labute approximate surface area is 141 Å². The van der Waals surface area contributed by atoms with Crippen molar-refractivity contribution < 1.29 is 14.7 Å². The number of fused-ring (bicyclic) bond motifs is 1. The molecule has 0 aliphatic carbocycles. The van der Waals surface area contributed by atoms with Gasteiger partial charge in [-0.15, -0.1) is 0 Å². The van der Waals surface area contributed by atoms with Crippen molar-refractivity contribution in [2.24, 2.45) is 0 Å². The average molecular weight is 323 g/mol. The van der Waals surface area contributed by atoms with Crippen LogP contribution in [0.25, 0.3) is 0 Å². The zero-order valence-corrected chi connectivity index (χ0v) is 13.7. The molecular formula is C20H21NO3. The van der Waals surface area contributed by atoms with Gasteiger partial charge in [-0.2, -0.15) is 0 Å². The number of benzene rings is 2. The van der Waals surface area contributed by atoms with Gasteiger partial charge in [0.2, 0.25) is 5.91 Å². The van der Waals surface area contributed by atoms with E-state index < -0.39 is 5.97 Å². The molecule has 1 aliphatic heterocycles. The lowest BCUT2D eigenvalue weighted by Gasteiger charge is -2.38. The van der Waals surface area contributed by atoms with E-state index in [9.17, 15) is 9.59 Å². The Bertz CT molecular complexity index is 755. The average Bonchev–Trinajstić information content (AvgIpc) is 2.59. The number of nitrogens with zero attached hydrogens (tertiary/aromatic N) is 1. The van der Waals surface area contributed by atoms with E-state index in [-0.39, 0.29) is 24.8 Å². The van der Waals surface area contributed by atoms with Gasteiger partial charge in [-0.3, -0.25) is 9.59 Å². The van der Waals surface area contributed by atoms with E-state index in [1.54, 1.807) is 0 Å². The molecule has 0 saturated carbocycles. The molecule has 1 atom stereocenters. The third-order valence-electron chi connectivity index (χ3n) is 4.52. The number of carboxylic acids is 1. The fraction of sp³-hybridized carbons (Fsp3) is 0.300. The summed E-state index contributed by atoms with van der Waals surface area (Å²) in [4.78, 5) is 25.3. The number of hydrogen-bond acceptors (Lipinski definition) is 2. The van der Waals surface area contributed by atoms with Crippen molar-refractivity contribution in [1.82, 2.24) is 4.90 Å². The van der Waals surface area contributed by atoms with Crippen molar-refractivity contribution in [3.8, 4) is 0 Å². The lowest BCUT2D eigenvalue weighted by atomic mass is 9.87. The van der Waals surface area contributed by atoms with Crippen LogP contribution in [0.2, 0.25) is 0 Å². The number of carbonyl (C=O) groups excluding carboxylic acids is 1. The third kappa shape index (κ3) is 3.32. The number of carboxylic acid groups (broad SMARTS) is 1. The van der Waals surface area contributed by atoms with Gasteiger partial charge in [0.1, 0.15) is 0 Å². The van der Waals surface area contributed by atoms with Crippen molar-refractivity contribution in [1.29, 1.82) is 0 Å². The molecule has 0 bridgehead atoms. The Morgan fingerprint density at radius 2 is 1.88 bits per heavy atom. The van der Waals surface area contributed by atoms with E-state index >= 15 is 0 Å².